The maximum absolute atomic E-state index is 12.0. The van der Waals surface area contributed by atoms with E-state index in [0.717, 1.165) is 5.69 Å². The number of amides is 1. The molecule has 5 heteroatoms. The van der Waals surface area contributed by atoms with Gasteiger partial charge in [-0.3, -0.25) is 4.79 Å². The zero-order valence-electron chi connectivity index (χ0n) is 11.0. The van der Waals surface area contributed by atoms with Gasteiger partial charge in [-0.1, -0.05) is 12.1 Å². The number of ether oxygens (including phenoxy) is 1. The van der Waals surface area contributed by atoms with Crippen LogP contribution in [-0.2, 0) is 0 Å². The molecule has 0 saturated carbocycles. The van der Waals surface area contributed by atoms with Crippen LogP contribution in [0.15, 0.2) is 42.5 Å². The highest BCUT2D eigenvalue weighted by Gasteiger charge is 2.08. The predicted octanol–water partition coefficient (Wildman–Crippen LogP) is 2.54. The summed E-state index contributed by atoms with van der Waals surface area (Å²) < 4.78 is 5.17. The lowest BCUT2D eigenvalue weighted by Gasteiger charge is -2.07. The van der Waals surface area contributed by atoms with Crippen molar-refractivity contribution in [3.05, 3.63) is 53.9 Å². The number of anilines is 1. The van der Waals surface area contributed by atoms with Gasteiger partial charge in [-0.05, 0) is 31.2 Å². The molecular weight excluding hydrogens is 254 g/mol. The lowest BCUT2D eigenvalue weighted by molar-refractivity contribution is 0.102. The summed E-state index contributed by atoms with van der Waals surface area (Å²) in [6.07, 6.45) is 0. The number of hydrogen-bond donors (Lipinski definition) is 1. The average Bonchev–Trinajstić information content (AvgIpc) is 2.45. The molecule has 2 rings (SSSR count). The monoisotopic (exact) mass is 267 g/mol. The predicted molar refractivity (Wildman–Crippen MR) is 74.5 cm³/mol. The lowest BCUT2D eigenvalue weighted by atomic mass is 10.2. The van der Waals surface area contributed by atoms with Crippen LogP contribution in [0, 0.1) is 18.3 Å². The maximum Gasteiger partial charge on any atom is 0.274 e. The van der Waals surface area contributed by atoms with Gasteiger partial charge in [0, 0.05) is 17.4 Å². The molecule has 2 aromatic rings. The van der Waals surface area contributed by atoms with Gasteiger partial charge in [0.2, 0.25) is 0 Å². The Kier molecular flexibility index (Phi) is 4.30. The summed E-state index contributed by atoms with van der Waals surface area (Å²) in [7, 11) is 0. The molecule has 1 aromatic carbocycles. The van der Waals surface area contributed by atoms with E-state index in [0.29, 0.717) is 17.1 Å². The van der Waals surface area contributed by atoms with E-state index in [2.05, 4.69) is 10.3 Å². The van der Waals surface area contributed by atoms with E-state index >= 15 is 0 Å². The maximum atomic E-state index is 12.0. The van der Waals surface area contributed by atoms with Crippen LogP contribution in [-0.4, -0.2) is 17.5 Å². The van der Waals surface area contributed by atoms with Gasteiger partial charge in [0.25, 0.3) is 5.91 Å². The normalized spacial score (nSPS) is 9.60. The van der Waals surface area contributed by atoms with Crippen molar-refractivity contribution in [1.82, 2.24) is 4.98 Å². The standard InChI is InChI=1S/C15H13N3O2/c1-11-4-2-7-14(17-11)15(19)18-12-5-3-6-13(10-12)20-9-8-16/h2-7,10H,9H2,1H3,(H,18,19). The fourth-order valence-electron chi connectivity index (χ4n) is 1.64. The molecule has 100 valence electrons. The third-order valence-electron chi connectivity index (χ3n) is 2.52. The molecule has 5 nitrogen and oxygen atoms in total. The fourth-order valence-corrected chi connectivity index (χ4v) is 1.64. The SMILES string of the molecule is Cc1cccc(C(=O)Nc2cccc(OCC#N)c2)n1. The number of rotatable bonds is 4. The molecule has 1 N–H and O–H groups in total. The molecule has 0 spiro atoms. The number of nitriles is 1. The Morgan fingerprint density at radius 2 is 2.15 bits per heavy atom. The van der Waals surface area contributed by atoms with Crippen LogP contribution in [0.4, 0.5) is 5.69 Å². The summed E-state index contributed by atoms with van der Waals surface area (Å²) in [4.78, 5) is 16.2. The summed E-state index contributed by atoms with van der Waals surface area (Å²) in [5.74, 6) is 0.243. The third kappa shape index (κ3) is 3.56. The second-order valence-electron chi connectivity index (χ2n) is 4.09. The van der Waals surface area contributed by atoms with Crippen molar-refractivity contribution in [3.63, 3.8) is 0 Å². The Bertz CT molecular complexity index is 662. The molecular formula is C15H13N3O2. The molecule has 0 aliphatic carbocycles. The van der Waals surface area contributed by atoms with Crippen LogP contribution < -0.4 is 10.1 Å². The number of hydrogen-bond acceptors (Lipinski definition) is 4. The molecule has 0 saturated heterocycles. The zero-order valence-corrected chi connectivity index (χ0v) is 11.0. The molecule has 20 heavy (non-hydrogen) atoms. The number of nitrogens with zero attached hydrogens (tertiary/aromatic N) is 2. The number of aryl methyl sites for hydroxylation is 1. The highest BCUT2D eigenvalue weighted by Crippen LogP contribution is 2.17. The van der Waals surface area contributed by atoms with E-state index in [4.69, 9.17) is 10.00 Å². The van der Waals surface area contributed by atoms with Crippen molar-refractivity contribution in [2.24, 2.45) is 0 Å². The molecule has 0 bridgehead atoms. The number of pyridine rings is 1. The Hall–Kier alpha value is -2.87. The summed E-state index contributed by atoms with van der Waals surface area (Å²) in [5.41, 5.74) is 1.73. The molecule has 0 aliphatic heterocycles. The fraction of sp³-hybridized carbons (Fsp3) is 0.133. The van der Waals surface area contributed by atoms with Gasteiger partial charge in [0.05, 0.1) is 0 Å². The van der Waals surface area contributed by atoms with Gasteiger partial charge in [0.15, 0.2) is 6.61 Å². The lowest BCUT2D eigenvalue weighted by Crippen LogP contribution is -2.14. The van der Waals surface area contributed by atoms with Gasteiger partial charge in [-0.15, -0.1) is 0 Å². The summed E-state index contributed by atoms with van der Waals surface area (Å²) in [5, 5.41) is 11.2. The smallest absolute Gasteiger partial charge is 0.274 e. The van der Waals surface area contributed by atoms with Crippen LogP contribution in [0.25, 0.3) is 0 Å². The van der Waals surface area contributed by atoms with Gasteiger partial charge in [0.1, 0.15) is 17.5 Å². The van der Waals surface area contributed by atoms with E-state index in [1.54, 1.807) is 36.4 Å². The van der Waals surface area contributed by atoms with Crippen molar-refractivity contribution in [2.45, 2.75) is 6.92 Å². The number of nitrogens with one attached hydrogen (secondary N) is 1. The molecule has 0 fully saturated rings. The van der Waals surface area contributed by atoms with E-state index in [-0.39, 0.29) is 12.5 Å². The largest absolute Gasteiger partial charge is 0.479 e. The molecule has 0 aliphatic rings. The number of aromatic nitrogens is 1. The van der Waals surface area contributed by atoms with E-state index in [9.17, 15) is 4.79 Å². The van der Waals surface area contributed by atoms with Crippen LogP contribution in [0.5, 0.6) is 5.75 Å². The van der Waals surface area contributed by atoms with E-state index in [1.165, 1.54) is 0 Å². The van der Waals surface area contributed by atoms with Crippen LogP contribution in [0.1, 0.15) is 16.2 Å². The second kappa shape index (κ2) is 6.34. The van der Waals surface area contributed by atoms with Gasteiger partial charge in [-0.25, -0.2) is 4.98 Å². The van der Waals surface area contributed by atoms with Crippen LogP contribution in [0.2, 0.25) is 0 Å². The topological polar surface area (TPSA) is 75.0 Å². The molecule has 1 amide bonds. The molecule has 0 atom stereocenters. The Morgan fingerprint density at radius 1 is 1.35 bits per heavy atom. The molecule has 1 aromatic heterocycles. The average molecular weight is 267 g/mol. The van der Waals surface area contributed by atoms with Crippen molar-refractivity contribution in [3.8, 4) is 11.8 Å². The van der Waals surface area contributed by atoms with Gasteiger partial charge in [-0.2, -0.15) is 5.26 Å². The zero-order chi connectivity index (χ0) is 14.4. The first-order valence-electron chi connectivity index (χ1n) is 6.04. The van der Waals surface area contributed by atoms with Gasteiger partial charge >= 0.3 is 0 Å². The van der Waals surface area contributed by atoms with Crippen molar-refractivity contribution in [1.29, 1.82) is 5.26 Å². The minimum atomic E-state index is -0.286. The molecule has 1 heterocycles. The minimum absolute atomic E-state index is 0.0309. The molecule has 0 radical (unpaired) electrons. The van der Waals surface area contributed by atoms with Crippen molar-refractivity contribution >= 4 is 11.6 Å². The first-order chi connectivity index (χ1) is 9.69. The highest BCUT2D eigenvalue weighted by atomic mass is 16.5. The van der Waals surface area contributed by atoms with E-state index < -0.39 is 0 Å². The van der Waals surface area contributed by atoms with Gasteiger partial charge < -0.3 is 10.1 Å². The second-order valence-corrected chi connectivity index (χ2v) is 4.09. The Morgan fingerprint density at radius 3 is 2.90 bits per heavy atom. The number of carbonyl (C=O) groups excluding carboxylic acids is 1. The van der Waals surface area contributed by atoms with Crippen molar-refractivity contribution < 1.29 is 9.53 Å². The van der Waals surface area contributed by atoms with Crippen molar-refractivity contribution in [2.75, 3.05) is 11.9 Å². The quantitative estimate of drug-likeness (QED) is 0.923. The number of carbonyl (C=O) groups is 1. The first-order valence-corrected chi connectivity index (χ1v) is 6.04. The molecule has 0 unspecified atom stereocenters. The van der Waals surface area contributed by atoms with E-state index in [1.807, 2.05) is 19.1 Å². The summed E-state index contributed by atoms with van der Waals surface area (Å²) >= 11 is 0. The number of benzene rings is 1. The van der Waals surface area contributed by atoms with Crippen LogP contribution >= 0.6 is 0 Å². The Labute approximate surface area is 116 Å². The first kappa shape index (κ1) is 13.6. The van der Waals surface area contributed by atoms with Crippen LogP contribution in [0.3, 0.4) is 0 Å². The third-order valence-corrected chi connectivity index (χ3v) is 2.52. The highest BCUT2D eigenvalue weighted by molar-refractivity contribution is 6.02. The minimum Gasteiger partial charge on any atom is -0.479 e. The summed E-state index contributed by atoms with van der Waals surface area (Å²) in [6.45, 7) is 1.80. The summed E-state index contributed by atoms with van der Waals surface area (Å²) in [6, 6.07) is 14.0. The Balaban J connectivity index is 2.10.